The Hall–Kier alpha value is -2.48. The van der Waals surface area contributed by atoms with Gasteiger partial charge in [-0.2, -0.15) is 0 Å². The van der Waals surface area contributed by atoms with Gasteiger partial charge in [-0.25, -0.2) is 4.79 Å². The van der Waals surface area contributed by atoms with Crippen molar-refractivity contribution in [2.24, 2.45) is 5.92 Å². The van der Waals surface area contributed by atoms with Crippen LogP contribution in [0.15, 0.2) is 24.3 Å². The minimum Gasteiger partial charge on any atom is -0.336 e. The lowest BCUT2D eigenvalue weighted by Gasteiger charge is -2.10. The van der Waals surface area contributed by atoms with Gasteiger partial charge in [0.05, 0.1) is 0 Å². The van der Waals surface area contributed by atoms with Crippen LogP contribution in [0.25, 0.3) is 0 Å². The Morgan fingerprint density at radius 1 is 1.04 bits per heavy atom. The Kier molecular flexibility index (Phi) is 6.46. The number of anilines is 2. The number of carbonyl (C=O) groups excluding carboxylic acids is 2. The fraction of sp³-hybridized carbons (Fsp3) is 0.412. The van der Waals surface area contributed by atoms with Crippen molar-refractivity contribution < 1.29 is 9.59 Å². The molecule has 134 valence electrons. The van der Waals surface area contributed by atoms with E-state index in [4.69, 9.17) is 0 Å². The van der Waals surface area contributed by atoms with Crippen molar-refractivity contribution in [2.75, 3.05) is 10.6 Å². The molecule has 0 aliphatic rings. The maximum atomic E-state index is 12.3. The number of aromatic nitrogens is 2. The zero-order chi connectivity index (χ0) is 18.4. The molecule has 2 rings (SSSR count). The van der Waals surface area contributed by atoms with Gasteiger partial charge in [-0.05, 0) is 44.0 Å². The third-order valence-corrected chi connectivity index (χ3v) is 3.96. The molecule has 3 N–H and O–H groups in total. The molecule has 7 nitrogen and oxygen atoms in total. The number of amides is 3. The second kappa shape index (κ2) is 8.57. The fourth-order valence-electron chi connectivity index (χ4n) is 2.04. The van der Waals surface area contributed by atoms with E-state index in [1.807, 2.05) is 13.8 Å². The van der Waals surface area contributed by atoms with Crippen molar-refractivity contribution in [1.82, 2.24) is 15.5 Å². The van der Waals surface area contributed by atoms with E-state index in [1.165, 1.54) is 11.3 Å². The van der Waals surface area contributed by atoms with Crippen molar-refractivity contribution in [3.05, 3.63) is 34.8 Å². The zero-order valence-electron chi connectivity index (χ0n) is 14.8. The van der Waals surface area contributed by atoms with Gasteiger partial charge in [-0.15, -0.1) is 10.2 Å². The van der Waals surface area contributed by atoms with E-state index in [2.05, 4.69) is 40.0 Å². The molecule has 0 saturated heterocycles. The molecule has 0 fully saturated rings. The van der Waals surface area contributed by atoms with Crippen LogP contribution in [0.4, 0.5) is 15.6 Å². The summed E-state index contributed by atoms with van der Waals surface area (Å²) in [5.41, 5.74) is 1.10. The van der Waals surface area contributed by atoms with Crippen LogP contribution in [0.2, 0.25) is 0 Å². The molecule has 0 saturated carbocycles. The lowest BCUT2D eigenvalue weighted by Crippen LogP contribution is -2.34. The predicted molar refractivity (Wildman–Crippen MR) is 100 cm³/mol. The molecule has 0 bridgehead atoms. The van der Waals surface area contributed by atoms with Crippen LogP contribution in [-0.2, 0) is 6.42 Å². The first kappa shape index (κ1) is 18.9. The Balaban J connectivity index is 1.93. The third-order valence-electron chi connectivity index (χ3n) is 3.09. The van der Waals surface area contributed by atoms with Gasteiger partial charge in [-0.3, -0.25) is 10.1 Å². The first-order chi connectivity index (χ1) is 11.8. The standard InChI is InChI=1S/C17H23N5O2S/c1-10(2)9-14-21-22-17(25-14)20-15(23)12-5-7-13(8-6-12)19-16(24)18-11(3)4/h5-8,10-11H,9H2,1-4H3,(H2,18,19,24)(H,20,22,23). The number of hydrogen-bond acceptors (Lipinski definition) is 5. The normalized spacial score (nSPS) is 10.8. The van der Waals surface area contributed by atoms with E-state index in [-0.39, 0.29) is 18.0 Å². The summed E-state index contributed by atoms with van der Waals surface area (Å²) in [6.45, 7) is 7.98. The first-order valence-electron chi connectivity index (χ1n) is 8.14. The Morgan fingerprint density at radius 3 is 2.32 bits per heavy atom. The molecular weight excluding hydrogens is 338 g/mol. The zero-order valence-corrected chi connectivity index (χ0v) is 15.6. The molecule has 8 heteroatoms. The van der Waals surface area contributed by atoms with Crippen molar-refractivity contribution in [3.63, 3.8) is 0 Å². The van der Waals surface area contributed by atoms with Gasteiger partial charge in [0, 0.05) is 23.7 Å². The van der Waals surface area contributed by atoms with Crippen molar-refractivity contribution in [2.45, 2.75) is 40.2 Å². The number of benzene rings is 1. The number of hydrogen-bond donors (Lipinski definition) is 3. The number of rotatable bonds is 6. The Bertz CT molecular complexity index is 725. The smallest absolute Gasteiger partial charge is 0.319 e. The average Bonchev–Trinajstić information content (AvgIpc) is 2.93. The Labute approximate surface area is 151 Å². The number of nitrogens with zero attached hydrogens (tertiary/aromatic N) is 2. The van der Waals surface area contributed by atoms with Gasteiger partial charge in [0.25, 0.3) is 5.91 Å². The second-order valence-electron chi connectivity index (χ2n) is 6.38. The van der Waals surface area contributed by atoms with Crippen LogP contribution in [0.1, 0.15) is 43.1 Å². The molecule has 3 amide bonds. The number of carbonyl (C=O) groups is 2. The maximum absolute atomic E-state index is 12.3. The van der Waals surface area contributed by atoms with E-state index < -0.39 is 0 Å². The van der Waals surface area contributed by atoms with Gasteiger partial charge in [0.2, 0.25) is 5.13 Å². The average molecular weight is 361 g/mol. The van der Waals surface area contributed by atoms with Crippen molar-refractivity contribution >= 4 is 34.1 Å². The lowest BCUT2D eigenvalue weighted by atomic mass is 10.1. The monoisotopic (exact) mass is 361 g/mol. The summed E-state index contributed by atoms with van der Waals surface area (Å²) in [6, 6.07) is 6.43. The van der Waals surface area contributed by atoms with Crippen LogP contribution in [0, 0.1) is 5.92 Å². The summed E-state index contributed by atoms with van der Waals surface area (Å²) in [5, 5.41) is 17.6. The molecule has 0 unspecified atom stereocenters. The van der Waals surface area contributed by atoms with Gasteiger partial charge < -0.3 is 10.6 Å². The Morgan fingerprint density at radius 2 is 1.72 bits per heavy atom. The van der Waals surface area contributed by atoms with E-state index in [9.17, 15) is 9.59 Å². The summed E-state index contributed by atoms with van der Waals surface area (Å²) in [5.74, 6) is 0.231. The van der Waals surface area contributed by atoms with Crippen LogP contribution in [-0.4, -0.2) is 28.2 Å². The molecule has 0 aliphatic carbocycles. The van der Waals surface area contributed by atoms with E-state index in [0.717, 1.165) is 11.4 Å². The molecule has 1 heterocycles. The molecule has 0 atom stereocenters. The second-order valence-corrected chi connectivity index (χ2v) is 7.45. The van der Waals surface area contributed by atoms with Crippen molar-refractivity contribution in [1.29, 1.82) is 0 Å². The van der Waals surface area contributed by atoms with Crippen LogP contribution in [0.5, 0.6) is 0 Å². The SMILES string of the molecule is CC(C)Cc1nnc(NC(=O)c2ccc(NC(=O)NC(C)C)cc2)s1. The van der Waals surface area contributed by atoms with Gasteiger partial charge >= 0.3 is 6.03 Å². The van der Waals surface area contributed by atoms with Gasteiger partial charge in [-0.1, -0.05) is 25.2 Å². The highest BCUT2D eigenvalue weighted by molar-refractivity contribution is 7.15. The molecule has 0 aliphatic heterocycles. The summed E-state index contributed by atoms with van der Waals surface area (Å²) < 4.78 is 0. The molecule has 2 aromatic rings. The fourth-order valence-corrected chi connectivity index (χ4v) is 2.99. The summed E-state index contributed by atoms with van der Waals surface area (Å²) >= 11 is 1.38. The van der Waals surface area contributed by atoms with E-state index in [1.54, 1.807) is 24.3 Å². The molecule has 1 aromatic carbocycles. The van der Waals surface area contributed by atoms with Gasteiger partial charge in [0.1, 0.15) is 5.01 Å². The topological polar surface area (TPSA) is 96.0 Å². The molecule has 0 radical (unpaired) electrons. The third kappa shape index (κ3) is 6.15. The van der Waals surface area contributed by atoms with E-state index in [0.29, 0.717) is 22.3 Å². The number of nitrogens with one attached hydrogen (secondary N) is 3. The minimum absolute atomic E-state index is 0.0533. The predicted octanol–water partition coefficient (Wildman–Crippen LogP) is 3.52. The van der Waals surface area contributed by atoms with Crippen LogP contribution >= 0.6 is 11.3 Å². The highest BCUT2D eigenvalue weighted by Crippen LogP contribution is 2.19. The summed E-state index contributed by atoms with van der Waals surface area (Å²) in [7, 11) is 0. The molecule has 1 aromatic heterocycles. The molecule has 0 spiro atoms. The van der Waals surface area contributed by atoms with Gasteiger partial charge in [0.15, 0.2) is 0 Å². The summed E-state index contributed by atoms with van der Waals surface area (Å²) in [4.78, 5) is 23.9. The lowest BCUT2D eigenvalue weighted by molar-refractivity contribution is 0.102. The summed E-state index contributed by atoms with van der Waals surface area (Å²) in [6.07, 6.45) is 0.840. The maximum Gasteiger partial charge on any atom is 0.319 e. The van der Waals surface area contributed by atoms with Crippen LogP contribution < -0.4 is 16.0 Å². The van der Waals surface area contributed by atoms with E-state index >= 15 is 0 Å². The quantitative estimate of drug-likeness (QED) is 0.733. The highest BCUT2D eigenvalue weighted by Gasteiger charge is 2.11. The van der Waals surface area contributed by atoms with Crippen LogP contribution in [0.3, 0.4) is 0 Å². The molecular formula is C17H23N5O2S. The first-order valence-corrected chi connectivity index (χ1v) is 8.96. The highest BCUT2D eigenvalue weighted by atomic mass is 32.1. The minimum atomic E-state index is -0.279. The number of urea groups is 1. The molecule has 25 heavy (non-hydrogen) atoms. The largest absolute Gasteiger partial charge is 0.336 e. The van der Waals surface area contributed by atoms with Crippen molar-refractivity contribution in [3.8, 4) is 0 Å².